The molecule has 9 heteroatoms. The van der Waals surface area contributed by atoms with Gasteiger partial charge in [0.25, 0.3) is 0 Å². The topological polar surface area (TPSA) is 111 Å². The number of nitrogen functional groups attached to an aromatic ring is 1. The van der Waals surface area contributed by atoms with E-state index in [2.05, 4.69) is 20.3 Å². The van der Waals surface area contributed by atoms with Crippen LogP contribution in [0.2, 0.25) is 0 Å². The number of hydrogen-bond acceptors (Lipinski definition) is 6. The Morgan fingerprint density at radius 1 is 1.03 bits per heavy atom. The predicted molar refractivity (Wildman–Crippen MR) is 125 cm³/mol. The molecule has 8 nitrogen and oxygen atoms in total. The van der Waals surface area contributed by atoms with Crippen molar-refractivity contribution < 1.29 is 9.18 Å². The highest BCUT2D eigenvalue weighted by Crippen LogP contribution is 2.45. The molecule has 34 heavy (non-hydrogen) atoms. The fraction of sp³-hybridized carbons (Fsp3) is 0.0800. The van der Waals surface area contributed by atoms with Crippen molar-refractivity contribution in [3.05, 3.63) is 90.1 Å². The lowest BCUT2D eigenvalue weighted by molar-refractivity contribution is -0.119. The number of hydrogen-bond donors (Lipinski definition) is 2. The van der Waals surface area contributed by atoms with E-state index in [1.54, 1.807) is 31.5 Å². The first-order chi connectivity index (χ1) is 16.4. The van der Waals surface area contributed by atoms with Gasteiger partial charge in [-0.15, -0.1) is 0 Å². The number of nitrogens with two attached hydrogens (primary N) is 1. The third-order valence-electron chi connectivity index (χ3n) is 6.20. The molecule has 0 saturated heterocycles. The van der Waals surface area contributed by atoms with Gasteiger partial charge >= 0.3 is 0 Å². The largest absolute Gasteiger partial charge is 0.383 e. The van der Waals surface area contributed by atoms with E-state index < -0.39 is 5.41 Å². The molecular formula is C25H18FN7O. The van der Waals surface area contributed by atoms with Crippen LogP contribution < -0.4 is 11.1 Å². The van der Waals surface area contributed by atoms with Gasteiger partial charge in [-0.2, -0.15) is 0 Å². The maximum Gasteiger partial charge on any atom is 0.240 e. The van der Waals surface area contributed by atoms with Gasteiger partial charge < -0.3 is 15.5 Å². The normalized spacial score (nSPS) is 17.1. The molecule has 0 bridgehead atoms. The van der Waals surface area contributed by atoms with Crippen molar-refractivity contribution in [2.75, 3.05) is 11.1 Å². The molecule has 166 valence electrons. The Hall–Kier alpha value is -4.66. The number of rotatable bonds is 3. The van der Waals surface area contributed by atoms with E-state index in [1.165, 1.54) is 12.1 Å². The molecule has 3 N–H and O–H groups in total. The number of anilines is 2. The second-order valence-corrected chi connectivity index (χ2v) is 8.24. The summed E-state index contributed by atoms with van der Waals surface area (Å²) in [6.45, 7) is 1.73. The number of imidazole rings is 1. The molecule has 6 rings (SSSR count). The Balaban J connectivity index is 1.52. The van der Waals surface area contributed by atoms with Crippen LogP contribution in [0.5, 0.6) is 0 Å². The van der Waals surface area contributed by atoms with Gasteiger partial charge in [0.15, 0.2) is 11.5 Å². The summed E-state index contributed by atoms with van der Waals surface area (Å²) in [4.78, 5) is 31.4. The maximum absolute atomic E-state index is 13.5. The molecule has 0 saturated carbocycles. The number of nitrogens with zero attached hydrogens (tertiary/aromatic N) is 5. The van der Waals surface area contributed by atoms with Crippen LogP contribution in [0, 0.1) is 5.82 Å². The number of nitrogens with one attached hydrogen (secondary N) is 1. The Bertz CT molecular complexity index is 1580. The summed E-state index contributed by atoms with van der Waals surface area (Å²) in [6.07, 6.45) is 5.28. The van der Waals surface area contributed by atoms with Crippen molar-refractivity contribution in [1.82, 2.24) is 24.3 Å². The minimum absolute atomic E-state index is 0.152. The Labute approximate surface area is 193 Å². The number of fused-ring (bicyclic) bond motifs is 2. The van der Waals surface area contributed by atoms with Crippen molar-refractivity contribution in [2.45, 2.75) is 12.3 Å². The molecule has 5 aromatic rings. The summed E-state index contributed by atoms with van der Waals surface area (Å²) >= 11 is 0. The highest BCUT2D eigenvalue weighted by molar-refractivity contribution is 6.09. The number of aromatic nitrogens is 5. The zero-order valence-electron chi connectivity index (χ0n) is 18.0. The van der Waals surface area contributed by atoms with Crippen molar-refractivity contribution >= 4 is 23.2 Å². The van der Waals surface area contributed by atoms with Gasteiger partial charge in [0.1, 0.15) is 34.3 Å². The molecule has 3 aromatic heterocycles. The van der Waals surface area contributed by atoms with E-state index in [1.807, 2.05) is 40.9 Å². The first-order valence-corrected chi connectivity index (χ1v) is 10.6. The lowest BCUT2D eigenvalue weighted by Gasteiger charge is -2.23. The molecule has 0 fully saturated rings. The summed E-state index contributed by atoms with van der Waals surface area (Å²) in [5.74, 6) is 0.0377. The van der Waals surface area contributed by atoms with Gasteiger partial charge in [0, 0.05) is 24.2 Å². The second-order valence-electron chi connectivity index (χ2n) is 8.24. The minimum Gasteiger partial charge on any atom is -0.383 e. The smallest absolute Gasteiger partial charge is 0.240 e. The highest BCUT2D eigenvalue weighted by atomic mass is 19.1. The molecule has 2 aromatic carbocycles. The summed E-state index contributed by atoms with van der Waals surface area (Å²) in [5.41, 5.74) is 9.03. The van der Waals surface area contributed by atoms with Gasteiger partial charge in [-0.25, -0.2) is 24.3 Å². The van der Waals surface area contributed by atoms with Crippen molar-refractivity contribution in [2.24, 2.45) is 0 Å². The second kappa shape index (κ2) is 7.17. The SMILES string of the molecule is CC1(c2ccc(F)cc2)C(=O)Nc2nc(-c3cn4ccnc4c(-c4ccccc4)n3)nc(N)c21. The quantitative estimate of drug-likeness (QED) is 0.431. The molecule has 1 amide bonds. The molecule has 1 unspecified atom stereocenters. The van der Waals surface area contributed by atoms with Gasteiger partial charge in [-0.1, -0.05) is 42.5 Å². The zero-order chi connectivity index (χ0) is 23.4. The van der Waals surface area contributed by atoms with Crippen LogP contribution in [0.1, 0.15) is 18.1 Å². The number of amides is 1. The van der Waals surface area contributed by atoms with Crippen LogP contribution in [0.4, 0.5) is 16.0 Å². The van der Waals surface area contributed by atoms with Gasteiger partial charge in [0.05, 0.1) is 5.56 Å². The Kier molecular flexibility index (Phi) is 4.22. The van der Waals surface area contributed by atoms with Crippen LogP contribution in [-0.2, 0) is 10.2 Å². The molecule has 1 aliphatic rings. The summed E-state index contributed by atoms with van der Waals surface area (Å²) < 4.78 is 15.3. The van der Waals surface area contributed by atoms with Crippen LogP contribution in [0.15, 0.2) is 73.2 Å². The monoisotopic (exact) mass is 451 g/mol. The summed E-state index contributed by atoms with van der Waals surface area (Å²) in [5, 5.41) is 2.82. The fourth-order valence-electron chi connectivity index (χ4n) is 4.41. The first kappa shape index (κ1) is 20.0. The van der Waals surface area contributed by atoms with E-state index in [0.717, 1.165) is 5.56 Å². The molecule has 1 aliphatic heterocycles. The Morgan fingerprint density at radius 2 is 1.79 bits per heavy atom. The van der Waals surface area contributed by atoms with Crippen molar-refractivity contribution in [3.63, 3.8) is 0 Å². The zero-order valence-corrected chi connectivity index (χ0v) is 18.0. The highest BCUT2D eigenvalue weighted by Gasteiger charge is 2.47. The average Bonchev–Trinajstić information content (AvgIpc) is 3.42. The fourth-order valence-corrected chi connectivity index (χ4v) is 4.41. The minimum atomic E-state index is -1.15. The number of benzene rings is 2. The van der Waals surface area contributed by atoms with Crippen molar-refractivity contribution in [1.29, 1.82) is 0 Å². The van der Waals surface area contributed by atoms with Crippen LogP contribution >= 0.6 is 0 Å². The van der Waals surface area contributed by atoms with E-state index in [0.29, 0.717) is 34.0 Å². The number of carbonyl (C=O) groups excluding carboxylic acids is 1. The molecule has 0 aliphatic carbocycles. The average molecular weight is 451 g/mol. The van der Waals surface area contributed by atoms with Crippen LogP contribution in [0.25, 0.3) is 28.4 Å². The van der Waals surface area contributed by atoms with E-state index >= 15 is 0 Å². The number of halogens is 1. The lowest BCUT2D eigenvalue weighted by Crippen LogP contribution is -2.33. The van der Waals surface area contributed by atoms with E-state index in [9.17, 15) is 9.18 Å². The molecule has 1 atom stereocenters. The van der Waals surface area contributed by atoms with Crippen LogP contribution in [0.3, 0.4) is 0 Å². The van der Waals surface area contributed by atoms with E-state index in [4.69, 9.17) is 10.7 Å². The molecule has 0 radical (unpaired) electrons. The third kappa shape index (κ3) is 2.87. The third-order valence-corrected chi connectivity index (χ3v) is 6.20. The molecule has 4 heterocycles. The Morgan fingerprint density at radius 3 is 2.56 bits per heavy atom. The van der Waals surface area contributed by atoms with Crippen molar-refractivity contribution in [3.8, 4) is 22.8 Å². The standard InChI is InChI=1S/C25H18FN7O/c1-25(15-7-9-16(26)10-8-15)18-20(27)30-21(31-22(18)32-24(25)34)17-13-33-12-11-28-23(33)19(29-17)14-5-3-2-4-6-14/h2-13H,1H3,(H3,27,30,31,32,34). The van der Waals surface area contributed by atoms with Gasteiger partial charge in [-0.05, 0) is 24.6 Å². The predicted octanol–water partition coefficient (Wildman–Crippen LogP) is 3.83. The van der Waals surface area contributed by atoms with Gasteiger partial charge in [0.2, 0.25) is 5.91 Å². The summed E-state index contributed by atoms with van der Waals surface area (Å²) in [6, 6.07) is 15.5. The maximum atomic E-state index is 13.5. The van der Waals surface area contributed by atoms with Crippen LogP contribution in [-0.4, -0.2) is 30.2 Å². The number of carbonyl (C=O) groups is 1. The lowest BCUT2D eigenvalue weighted by atomic mass is 9.78. The summed E-state index contributed by atoms with van der Waals surface area (Å²) in [7, 11) is 0. The van der Waals surface area contributed by atoms with E-state index in [-0.39, 0.29) is 23.4 Å². The molecular weight excluding hydrogens is 433 g/mol. The van der Waals surface area contributed by atoms with Gasteiger partial charge in [-0.3, -0.25) is 4.79 Å². The first-order valence-electron chi connectivity index (χ1n) is 10.6. The molecule has 0 spiro atoms.